The third-order valence-electron chi connectivity index (χ3n) is 3.56. The van der Waals surface area contributed by atoms with Gasteiger partial charge in [-0.3, -0.25) is 14.5 Å². The summed E-state index contributed by atoms with van der Waals surface area (Å²) in [5, 5.41) is 3.40. The molecule has 0 unspecified atom stereocenters. The summed E-state index contributed by atoms with van der Waals surface area (Å²) in [6.07, 6.45) is 1.64. The van der Waals surface area contributed by atoms with Gasteiger partial charge >= 0.3 is 0 Å². The minimum absolute atomic E-state index is 0.121. The second-order valence-electron chi connectivity index (χ2n) is 5.70. The summed E-state index contributed by atoms with van der Waals surface area (Å²) in [6, 6.07) is 13.4. The van der Waals surface area contributed by atoms with E-state index in [-0.39, 0.29) is 10.8 Å². The Morgan fingerprint density at radius 1 is 1.04 bits per heavy atom. The van der Waals surface area contributed by atoms with E-state index in [9.17, 15) is 13.2 Å². The Kier molecular flexibility index (Phi) is 4.41. The molecular formula is C18H17N3O3S. The van der Waals surface area contributed by atoms with Crippen molar-refractivity contribution in [2.75, 3.05) is 10.0 Å². The van der Waals surface area contributed by atoms with Gasteiger partial charge in [0.05, 0.1) is 5.52 Å². The minimum Gasteiger partial charge on any atom is -0.326 e. The number of nitrogens with one attached hydrogen (secondary N) is 2. The molecule has 0 aliphatic rings. The van der Waals surface area contributed by atoms with Crippen molar-refractivity contribution in [3.63, 3.8) is 0 Å². The molecule has 3 rings (SSSR count). The molecule has 0 aliphatic heterocycles. The number of aromatic nitrogens is 1. The number of fused-ring (bicyclic) bond motifs is 1. The van der Waals surface area contributed by atoms with E-state index in [0.29, 0.717) is 16.9 Å². The van der Waals surface area contributed by atoms with E-state index in [2.05, 4.69) is 15.0 Å². The summed E-state index contributed by atoms with van der Waals surface area (Å²) < 4.78 is 28.0. The molecule has 1 aromatic heterocycles. The number of para-hydroxylation sites is 1. The van der Waals surface area contributed by atoms with Gasteiger partial charge in [-0.05, 0) is 48.9 Å². The Balaban J connectivity index is 1.93. The van der Waals surface area contributed by atoms with Crippen LogP contribution in [0.2, 0.25) is 0 Å². The van der Waals surface area contributed by atoms with Crippen LogP contribution in [0.15, 0.2) is 59.6 Å². The van der Waals surface area contributed by atoms with E-state index >= 15 is 0 Å². The van der Waals surface area contributed by atoms with Gasteiger partial charge in [-0.1, -0.05) is 12.1 Å². The lowest BCUT2D eigenvalue weighted by Gasteiger charge is -2.11. The number of carbonyl (C=O) groups excluding carboxylic acids is 1. The fourth-order valence-corrected chi connectivity index (χ4v) is 3.73. The lowest BCUT2D eigenvalue weighted by Crippen LogP contribution is -2.14. The lowest BCUT2D eigenvalue weighted by molar-refractivity contribution is -0.114. The third-order valence-corrected chi connectivity index (χ3v) is 4.97. The Hall–Kier alpha value is -2.93. The number of amides is 1. The molecule has 0 atom stereocenters. The summed E-state index contributed by atoms with van der Waals surface area (Å²) in [4.78, 5) is 15.4. The van der Waals surface area contributed by atoms with Gasteiger partial charge in [-0.15, -0.1) is 0 Å². The van der Waals surface area contributed by atoms with Gasteiger partial charge in [-0.25, -0.2) is 8.42 Å². The Bertz CT molecular complexity index is 1040. The van der Waals surface area contributed by atoms with Gasteiger partial charge in [0.25, 0.3) is 10.0 Å². The molecule has 2 N–H and O–H groups in total. The molecule has 0 radical (unpaired) electrons. The molecule has 0 aliphatic carbocycles. The van der Waals surface area contributed by atoms with Crippen LogP contribution < -0.4 is 10.0 Å². The van der Waals surface area contributed by atoms with Crippen molar-refractivity contribution in [1.29, 1.82) is 0 Å². The van der Waals surface area contributed by atoms with E-state index in [1.54, 1.807) is 36.5 Å². The Morgan fingerprint density at radius 3 is 2.40 bits per heavy atom. The highest BCUT2D eigenvalue weighted by molar-refractivity contribution is 7.93. The van der Waals surface area contributed by atoms with Gasteiger partial charge < -0.3 is 5.32 Å². The van der Waals surface area contributed by atoms with Gasteiger partial charge in [-0.2, -0.15) is 0 Å². The summed E-state index contributed by atoms with van der Waals surface area (Å²) in [6.45, 7) is 3.31. The number of sulfonamides is 1. The molecule has 7 heteroatoms. The zero-order chi connectivity index (χ0) is 18.0. The molecule has 0 spiro atoms. The van der Waals surface area contributed by atoms with E-state index < -0.39 is 10.0 Å². The van der Waals surface area contributed by atoms with Crippen molar-refractivity contribution in [3.8, 4) is 0 Å². The largest absolute Gasteiger partial charge is 0.326 e. The number of carbonyl (C=O) groups is 1. The maximum atomic E-state index is 12.7. The lowest BCUT2D eigenvalue weighted by atomic mass is 10.2. The molecule has 0 fully saturated rings. The fourth-order valence-electron chi connectivity index (χ4n) is 2.49. The predicted octanol–water partition coefficient (Wildman–Crippen LogP) is 3.30. The van der Waals surface area contributed by atoms with Crippen molar-refractivity contribution < 1.29 is 13.2 Å². The molecule has 1 heterocycles. The smallest absolute Gasteiger partial charge is 0.264 e. The first-order chi connectivity index (χ1) is 11.8. The molecule has 25 heavy (non-hydrogen) atoms. The molecule has 6 nitrogen and oxygen atoms in total. The molecule has 128 valence electrons. The van der Waals surface area contributed by atoms with Crippen LogP contribution in [0.25, 0.3) is 10.9 Å². The van der Waals surface area contributed by atoms with Crippen LogP contribution in [0.4, 0.5) is 11.4 Å². The first-order valence-electron chi connectivity index (χ1n) is 7.61. The summed E-state index contributed by atoms with van der Waals surface area (Å²) in [5.41, 5.74) is 2.38. The number of benzene rings is 2. The second-order valence-corrected chi connectivity index (χ2v) is 7.36. The molecule has 0 saturated heterocycles. The Morgan fingerprint density at radius 2 is 1.72 bits per heavy atom. The number of nitrogens with zero attached hydrogens (tertiary/aromatic N) is 1. The van der Waals surface area contributed by atoms with Crippen molar-refractivity contribution in [3.05, 3.63) is 60.3 Å². The zero-order valence-corrected chi connectivity index (χ0v) is 14.6. The molecule has 1 amide bonds. The van der Waals surface area contributed by atoms with E-state index in [1.807, 2.05) is 19.1 Å². The number of hydrogen-bond donors (Lipinski definition) is 2. The molecule has 3 aromatic rings. The average molecular weight is 355 g/mol. The van der Waals surface area contributed by atoms with E-state index in [1.165, 1.54) is 13.0 Å². The monoisotopic (exact) mass is 355 g/mol. The van der Waals surface area contributed by atoms with Gasteiger partial charge in [0, 0.05) is 29.9 Å². The highest BCUT2D eigenvalue weighted by Crippen LogP contribution is 2.24. The van der Waals surface area contributed by atoms with Crippen LogP contribution in [0.5, 0.6) is 0 Å². The zero-order valence-electron chi connectivity index (χ0n) is 13.8. The fraction of sp³-hybridized carbons (Fsp3) is 0.111. The molecule has 2 aromatic carbocycles. The number of hydrogen-bond acceptors (Lipinski definition) is 4. The average Bonchev–Trinajstić information content (AvgIpc) is 2.55. The first kappa shape index (κ1) is 16.9. The third kappa shape index (κ3) is 3.77. The van der Waals surface area contributed by atoms with Crippen molar-refractivity contribution in [2.24, 2.45) is 0 Å². The van der Waals surface area contributed by atoms with Crippen LogP contribution >= 0.6 is 0 Å². The standard InChI is InChI=1S/C18H17N3O3S/c1-12-10-14-4-3-5-17(18(14)19-11-12)25(23,24)21-16-8-6-15(7-9-16)20-13(2)22/h3-11,21H,1-2H3,(H,20,22). The maximum Gasteiger partial charge on any atom is 0.264 e. The SMILES string of the molecule is CC(=O)Nc1ccc(NS(=O)(=O)c2cccc3cc(C)cnc23)cc1. The van der Waals surface area contributed by atoms with Crippen LogP contribution in [0.3, 0.4) is 0 Å². The topological polar surface area (TPSA) is 88.2 Å². The van der Waals surface area contributed by atoms with E-state index in [0.717, 1.165) is 10.9 Å². The van der Waals surface area contributed by atoms with E-state index in [4.69, 9.17) is 0 Å². The number of pyridine rings is 1. The molecular weight excluding hydrogens is 338 g/mol. The first-order valence-corrected chi connectivity index (χ1v) is 9.09. The summed E-state index contributed by atoms with van der Waals surface area (Å²) >= 11 is 0. The predicted molar refractivity (Wildman–Crippen MR) is 98.0 cm³/mol. The second kappa shape index (κ2) is 6.52. The highest BCUT2D eigenvalue weighted by atomic mass is 32.2. The number of anilines is 2. The number of aryl methyl sites for hydroxylation is 1. The van der Waals surface area contributed by atoms with Crippen molar-refractivity contribution in [1.82, 2.24) is 4.98 Å². The minimum atomic E-state index is -3.79. The van der Waals surface area contributed by atoms with Crippen LogP contribution in [-0.4, -0.2) is 19.3 Å². The van der Waals surface area contributed by atoms with Crippen LogP contribution in [0, 0.1) is 6.92 Å². The molecule has 0 saturated carbocycles. The maximum absolute atomic E-state index is 12.7. The van der Waals surface area contributed by atoms with Crippen LogP contribution in [0.1, 0.15) is 12.5 Å². The summed E-state index contributed by atoms with van der Waals surface area (Å²) in [5.74, 6) is -0.189. The summed E-state index contributed by atoms with van der Waals surface area (Å²) in [7, 11) is -3.79. The van der Waals surface area contributed by atoms with Gasteiger partial charge in [0.15, 0.2) is 0 Å². The number of rotatable bonds is 4. The normalized spacial score (nSPS) is 11.3. The van der Waals surface area contributed by atoms with Gasteiger partial charge in [0.1, 0.15) is 4.90 Å². The van der Waals surface area contributed by atoms with Gasteiger partial charge in [0.2, 0.25) is 5.91 Å². The van der Waals surface area contributed by atoms with Crippen LogP contribution in [-0.2, 0) is 14.8 Å². The van der Waals surface area contributed by atoms with Crippen molar-refractivity contribution >= 4 is 38.2 Å². The van der Waals surface area contributed by atoms with Crippen molar-refractivity contribution in [2.45, 2.75) is 18.7 Å². The molecule has 0 bridgehead atoms. The highest BCUT2D eigenvalue weighted by Gasteiger charge is 2.18. The Labute approximate surface area is 146 Å². The quantitative estimate of drug-likeness (QED) is 0.751.